The maximum Gasteiger partial charge on any atom is 0.265 e. The fraction of sp³-hybridized carbons (Fsp3) is 0.375. The minimum atomic E-state index is -0.150. The molecule has 1 aromatic heterocycles. The number of likely N-dealkylation sites (tertiary alicyclic amines) is 1. The smallest absolute Gasteiger partial charge is 0.265 e. The first-order valence-electron chi connectivity index (χ1n) is 10.5. The first-order valence-corrected chi connectivity index (χ1v) is 11.4. The standard InChI is InChI=1S/C24H24BrN3O2/c1-27-21-12-11-15(25)13-18(21)19(23(27)29)14-22-26-20-10-6-5-9-17(20)24(30)28(22)16-7-3-2-4-8-16/h2-10,15,18-19,21H,11-14H2,1H3. The SMILES string of the molecule is CN1C(=O)C(Cc2nc3ccccc3c(=O)n2-c2ccccc2)C2CC(Br)CCC21. The van der Waals surface area contributed by atoms with Gasteiger partial charge >= 0.3 is 0 Å². The van der Waals surface area contributed by atoms with Crippen molar-refractivity contribution in [1.82, 2.24) is 14.5 Å². The monoisotopic (exact) mass is 465 g/mol. The Kier molecular flexibility index (Phi) is 4.97. The van der Waals surface area contributed by atoms with Crippen LogP contribution in [-0.4, -0.2) is 38.3 Å². The molecular formula is C24H24BrN3O2. The molecule has 1 aliphatic heterocycles. The van der Waals surface area contributed by atoms with Crippen LogP contribution in [0.5, 0.6) is 0 Å². The minimum absolute atomic E-state index is 0.0841. The number of halogens is 1. The zero-order chi connectivity index (χ0) is 20.8. The minimum Gasteiger partial charge on any atom is -0.342 e. The molecule has 6 heteroatoms. The number of rotatable bonds is 3. The summed E-state index contributed by atoms with van der Waals surface area (Å²) in [5.41, 5.74) is 1.38. The third-order valence-electron chi connectivity index (χ3n) is 6.74. The Morgan fingerprint density at radius 3 is 2.57 bits per heavy atom. The molecule has 5 nitrogen and oxygen atoms in total. The van der Waals surface area contributed by atoms with E-state index in [-0.39, 0.29) is 29.3 Å². The van der Waals surface area contributed by atoms with Crippen molar-refractivity contribution in [3.05, 3.63) is 70.8 Å². The Hall–Kier alpha value is -2.47. The van der Waals surface area contributed by atoms with E-state index in [0.717, 1.165) is 24.9 Å². The zero-order valence-electron chi connectivity index (χ0n) is 16.9. The Balaban J connectivity index is 1.63. The number of benzene rings is 2. The molecule has 4 unspecified atom stereocenters. The van der Waals surface area contributed by atoms with Crippen LogP contribution in [0.1, 0.15) is 25.1 Å². The fourth-order valence-electron chi connectivity index (χ4n) is 5.25. The number of hydrogen-bond donors (Lipinski definition) is 0. The molecule has 30 heavy (non-hydrogen) atoms. The second-order valence-electron chi connectivity index (χ2n) is 8.42. The van der Waals surface area contributed by atoms with Crippen molar-refractivity contribution in [1.29, 1.82) is 0 Å². The van der Waals surface area contributed by atoms with Crippen molar-refractivity contribution in [3.63, 3.8) is 0 Å². The van der Waals surface area contributed by atoms with Crippen LogP contribution in [-0.2, 0) is 11.2 Å². The van der Waals surface area contributed by atoms with Crippen LogP contribution in [0.15, 0.2) is 59.4 Å². The summed E-state index contributed by atoms with van der Waals surface area (Å²) in [4.78, 5) is 33.8. The van der Waals surface area contributed by atoms with E-state index in [1.165, 1.54) is 0 Å². The van der Waals surface area contributed by atoms with Crippen molar-refractivity contribution in [2.75, 3.05) is 7.05 Å². The van der Waals surface area contributed by atoms with Gasteiger partial charge in [0.15, 0.2) is 0 Å². The van der Waals surface area contributed by atoms with Gasteiger partial charge < -0.3 is 4.90 Å². The number of carbonyl (C=O) groups excluding carboxylic acids is 1. The lowest BCUT2D eigenvalue weighted by Gasteiger charge is -2.33. The average molecular weight is 466 g/mol. The zero-order valence-corrected chi connectivity index (χ0v) is 18.5. The van der Waals surface area contributed by atoms with E-state index >= 15 is 0 Å². The summed E-state index contributed by atoms with van der Waals surface area (Å²) in [7, 11) is 1.92. The highest BCUT2D eigenvalue weighted by molar-refractivity contribution is 9.09. The van der Waals surface area contributed by atoms with Gasteiger partial charge in [-0.15, -0.1) is 0 Å². The van der Waals surface area contributed by atoms with Crippen LogP contribution in [0.4, 0.5) is 0 Å². The number of alkyl halides is 1. The van der Waals surface area contributed by atoms with Gasteiger partial charge in [-0.25, -0.2) is 4.98 Å². The topological polar surface area (TPSA) is 55.2 Å². The predicted molar refractivity (Wildman–Crippen MR) is 121 cm³/mol. The van der Waals surface area contributed by atoms with Crippen molar-refractivity contribution < 1.29 is 4.79 Å². The van der Waals surface area contributed by atoms with Crippen molar-refractivity contribution in [2.45, 2.75) is 36.6 Å². The van der Waals surface area contributed by atoms with Gasteiger partial charge in [-0.1, -0.05) is 46.3 Å². The molecule has 3 aromatic rings. The van der Waals surface area contributed by atoms with Crippen LogP contribution in [0.3, 0.4) is 0 Å². The molecule has 154 valence electrons. The van der Waals surface area contributed by atoms with E-state index in [1.807, 2.05) is 66.5 Å². The van der Waals surface area contributed by atoms with Gasteiger partial charge in [-0.2, -0.15) is 0 Å². The molecule has 2 aliphatic rings. The largest absolute Gasteiger partial charge is 0.342 e. The Morgan fingerprint density at radius 2 is 1.77 bits per heavy atom. The van der Waals surface area contributed by atoms with Crippen LogP contribution in [0.2, 0.25) is 0 Å². The third kappa shape index (κ3) is 3.18. The second-order valence-corrected chi connectivity index (χ2v) is 9.72. The summed E-state index contributed by atoms with van der Waals surface area (Å²) in [6.45, 7) is 0. The highest BCUT2D eigenvalue weighted by Crippen LogP contribution is 2.43. The molecular weight excluding hydrogens is 442 g/mol. The Bertz CT molecular complexity index is 1160. The third-order valence-corrected chi connectivity index (χ3v) is 7.57. The number of nitrogens with zero attached hydrogens (tertiary/aromatic N) is 3. The summed E-state index contributed by atoms with van der Waals surface area (Å²) in [6, 6.07) is 17.3. The molecule has 1 saturated heterocycles. The molecule has 4 atom stereocenters. The molecule has 0 radical (unpaired) electrons. The number of fused-ring (bicyclic) bond motifs is 2. The van der Waals surface area contributed by atoms with Gasteiger partial charge in [0.25, 0.3) is 5.56 Å². The lowest BCUT2D eigenvalue weighted by molar-refractivity contribution is -0.130. The van der Waals surface area contributed by atoms with Gasteiger partial charge in [0, 0.05) is 30.3 Å². The van der Waals surface area contributed by atoms with Gasteiger partial charge in [0.2, 0.25) is 5.91 Å². The van der Waals surface area contributed by atoms with E-state index in [9.17, 15) is 9.59 Å². The Morgan fingerprint density at radius 1 is 1.03 bits per heavy atom. The van der Waals surface area contributed by atoms with E-state index in [2.05, 4.69) is 15.9 Å². The number of hydrogen-bond acceptors (Lipinski definition) is 3. The summed E-state index contributed by atoms with van der Waals surface area (Å²) in [5.74, 6) is 0.971. The first kappa shape index (κ1) is 19.5. The van der Waals surface area contributed by atoms with Crippen LogP contribution in [0, 0.1) is 11.8 Å². The molecule has 0 spiro atoms. The molecule has 2 fully saturated rings. The number of amides is 1. The highest BCUT2D eigenvalue weighted by atomic mass is 79.9. The van der Waals surface area contributed by atoms with E-state index in [0.29, 0.717) is 28.0 Å². The Labute approximate surface area is 183 Å². The van der Waals surface area contributed by atoms with Crippen LogP contribution < -0.4 is 5.56 Å². The summed E-state index contributed by atoms with van der Waals surface area (Å²) >= 11 is 3.77. The molecule has 2 aromatic carbocycles. The molecule has 1 saturated carbocycles. The quantitative estimate of drug-likeness (QED) is 0.550. The molecule has 5 rings (SSSR count). The normalized spacial score (nSPS) is 26.2. The van der Waals surface area contributed by atoms with E-state index < -0.39 is 0 Å². The average Bonchev–Trinajstić information content (AvgIpc) is 2.99. The van der Waals surface area contributed by atoms with Gasteiger partial charge in [0.05, 0.1) is 16.6 Å². The second kappa shape index (κ2) is 7.65. The van der Waals surface area contributed by atoms with Gasteiger partial charge in [0.1, 0.15) is 5.82 Å². The molecule has 1 amide bonds. The summed E-state index contributed by atoms with van der Waals surface area (Å²) in [6.07, 6.45) is 3.57. The van der Waals surface area contributed by atoms with E-state index in [4.69, 9.17) is 4.98 Å². The molecule has 2 heterocycles. The van der Waals surface area contributed by atoms with Crippen molar-refractivity contribution in [3.8, 4) is 5.69 Å². The lowest BCUT2D eigenvalue weighted by Crippen LogP contribution is -2.36. The van der Waals surface area contributed by atoms with E-state index in [1.54, 1.807) is 4.57 Å². The summed E-state index contributed by atoms with van der Waals surface area (Å²) in [5, 5.41) is 0.594. The highest BCUT2D eigenvalue weighted by Gasteiger charge is 2.48. The maximum absolute atomic E-state index is 13.4. The molecule has 1 aliphatic carbocycles. The van der Waals surface area contributed by atoms with Gasteiger partial charge in [-0.3, -0.25) is 14.2 Å². The number of carbonyl (C=O) groups is 1. The maximum atomic E-state index is 13.4. The van der Waals surface area contributed by atoms with Crippen molar-refractivity contribution >= 4 is 32.7 Å². The number of aromatic nitrogens is 2. The molecule has 0 bridgehead atoms. The first-order chi connectivity index (χ1) is 14.5. The summed E-state index contributed by atoms with van der Waals surface area (Å²) < 4.78 is 1.69. The van der Waals surface area contributed by atoms with Crippen LogP contribution in [0.25, 0.3) is 16.6 Å². The van der Waals surface area contributed by atoms with Gasteiger partial charge in [-0.05, 0) is 49.4 Å². The number of para-hydroxylation sites is 2. The van der Waals surface area contributed by atoms with Crippen molar-refractivity contribution in [2.24, 2.45) is 11.8 Å². The predicted octanol–water partition coefficient (Wildman–Crippen LogP) is 3.95. The lowest BCUT2D eigenvalue weighted by atomic mass is 9.78. The fourth-order valence-corrected chi connectivity index (χ4v) is 5.95. The molecule has 0 N–H and O–H groups in total. The van der Waals surface area contributed by atoms with Crippen LogP contribution >= 0.6 is 15.9 Å².